The fraction of sp³-hybridized carbons (Fsp3) is 1.00. The van der Waals surface area contributed by atoms with Gasteiger partial charge in [0.05, 0.1) is 0 Å². The van der Waals surface area contributed by atoms with Crippen LogP contribution in [0.4, 0.5) is 52.7 Å². The first-order valence-electron chi connectivity index (χ1n) is 8.51. The second-order valence-electron chi connectivity index (χ2n) is 7.21. The van der Waals surface area contributed by atoms with E-state index >= 15 is 0 Å². The average Bonchev–Trinajstić information content (AvgIpc) is 2.52. The van der Waals surface area contributed by atoms with Crippen LogP contribution in [0, 0.1) is 0 Å². The molecule has 1 fully saturated rings. The van der Waals surface area contributed by atoms with E-state index in [1.165, 1.54) is 10.6 Å². The van der Waals surface area contributed by atoms with Crippen molar-refractivity contribution in [1.29, 1.82) is 0 Å². The molecule has 33 heavy (non-hydrogen) atoms. The molecule has 1 saturated heterocycles. The summed E-state index contributed by atoms with van der Waals surface area (Å²) in [5.41, 5.74) is 0. The van der Waals surface area contributed by atoms with E-state index in [0.717, 1.165) is 0 Å². The van der Waals surface area contributed by atoms with Crippen molar-refractivity contribution in [2.24, 2.45) is 0 Å². The molecule has 197 valence electrons. The first-order chi connectivity index (χ1) is 13.6. The first kappa shape index (κ1) is 35.5. The minimum absolute atomic E-state index is 0. The molecular formula is C14H19Cl2F12N4Ti. The molecule has 19 heteroatoms. The van der Waals surface area contributed by atoms with Crippen LogP contribution in [0.5, 0.6) is 0 Å². The van der Waals surface area contributed by atoms with Crippen molar-refractivity contribution in [1.82, 2.24) is 20.4 Å². The average molecular weight is 590 g/mol. The summed E-state index contributed by atoms with van der Waals surface area (Å²) in [6.45, 7) is -5.88. The topological polar surface area (TPSA) is 30.5 Å². The second kappa shape index (κ2) is 12.0. The van der Waals surface area contributed by atoms with Crippen molar-refractivity contribution in [2.75, 3.05) is 40.3 Å². The van der Waals surface area contributed by atoms with Gasteiger partial charge in [0, 0.05) is 0 Å². The summed E-state index contributed by atoms with van der Waals surface area (Å²) in [6.07, 6.45) is -20.9. The number of hydrogen-bond donors (Lipinski definition) is 2. The molecule has 0 aromatic heterocycles. The maximum Gasteiger partial charge on any atom is -1.00 e. The summed E-state index contributed by atoms with van der Waals surface area (Å²) in [4.78, 5) is 0.288. The van der Waals surface area contributed by atoms with Gasteiger partial charge in [0.25, 0.3) is 0 Å². The zero-order chi connectivity index (χ0) is 24.6. The Morgan fingerprint density at radius 2 is 1.18 bits per heavy atom. The molecule has 1 aliphatic rings. The zero-order valence-corrected chi connectivity index (χ0v) is 19.8. The molecule has 0 aliphatic carbocycles. The van der Waals surface area contributed by atoms with Crippen LogP contribution in [0.25, 0.3) is 0 Å². The molecule has 4 unspecified atom stereocenters. The van der Waals surface area contributed by atoms with Gasteiger partial charge in [-0.3, -0.25) is 0 Å². The molecule has 2 N–H and O–H groups in total. The third-order valence-electron chi connectivity index (χ3n) is 4.91. The molecular weight excluding hydrogens is 571 g/mol. The molecule has 1 heterocycles. The normalized spacial score (nSPS) is 30.5. The number of nitrogens with one attached hydrogen (secondary N) is 2. The molecule has 0 aromatic carbocycles. The molecule has 4 nitrogen and oxygen atoms in total. The standard InChI is InChI=1S/C14H19F12N4.2ClH.Ti/c1-29-5-8(12(18,19)20)27-3-7(11(15,16)17)28-4-9(13(21,22)23)30(2)6-10(29)14(24,25)26;;;/h7-8,10,27-28H,3-6H2,1-2H3;2*1H;/q;;;+2/p-2. The second-order valence-corrected chi connectivity index (χ2v) is 8.50. The van der Waals surface area contributed by atoms with Gasteiger partial charge in [-0.15, -0.1) is 0 Å². The van der Waals surface area contributed by atoms with Gasteiger partial charge in [-0.2, -0.15) is 0 Å². The van der Waals surface area contributed by atoms with Crippen molar-refractivity contribution >= 4 is 0 Å². The smallest absolute Gasteiger partial charge is 1.00 e. The number of nitrogens with zero attached hydrogens (tertiary/aromatic N) is 2. The summed E-state index contributed by atoms with van der Waals surface area (Å²) < 4.78 is 157. The van der Waals surface area contributed by atoms with Gasteiger partial charge in [-0.05, 0) is 0 Å². The monoisotopic (exact) mass is 589 g/mol. The van der Waals surface area contributed by atoms with Crippen molar-refractivity contribution in [2.45, 2.75) is 46.7 Å². The van der Waals surface area contributed by atoms with Crippen LogP contribution in [0.15, 0.2) is 0 Å². The van der Waals surface area contributed by atoms with Crippen LogP contribution in [0.1, 0.15) is 0 Å². The number of halogens is 14. The van der Waals surface area contributed by atoms with Gasteiger partial charge >= 0.3 is 181 Å². The molecule has 0 radical (unpaired) electrons. The van der Waals surface area contributed by atoms with E-state index in [4.69, 9.17) is 0 Å². The Bertz CT molecular complexity index is 601. The Hall–Kier alpha value is 0.294. The molecule has 0 amide bonds. The van der Waals surface area contributed by atoms with Crippen LogP contribution < -0.4 is 35.4 Å². The zero-order valence-electron chi connectivity index (χ0n) is 16.7. The van der Waals surface area contributed by atoms with Crippen molar-refractivity contribution in [3.8, 4) is 0 Å². The van der Waals surface area contributed by atoms with Gasteiger partial charge in [0.2, 0.25) is 0 Å². The fourth-order valence-corrected chi connectivity index (χ4v) is 3.20. The maximum absolute atomic E-state index is 13.6. The Balaban J connectivity index is 0. The predicted octanol–water partition coefficient (Wildman–Crippen LogP) is -3.35. The van der Waals surface area contributed by atoms with Gasteiger partial charge in [0.15, 0.2) is 0 Å². The quantitative estimate of drug-likeness (QED) is 0.229. The van der Waals surface area contributed by atoms with E-state index in [0.29, 0.717) is 34.5 Å². The van der Waals surface area contributed by atoms with E-state index in [-0.39, 0.29) is 34.6 Å². The number of hydrogen-bond acceptors (Lipinski definition) is 4. The summed E-state index contributed by atoms with van der Waals surface area (Å²) in [7, 11) is 1.23. The van der Waals surface area contributed by atoms with Crippen LogP contribution in [0.2, 0.25) is 0 Å². The van der Waals surface area contributed by atoms with Gasteiger partial charge in [-0.1, -0.05) is 0 Å². The third kappa shape index (κ3) is 9.35. The molecule has 4 atom stereocenters. The molecule has 1 aliphatic heterocycles. The van der Waals surface area contributed by atoms with E-state index < -0.39 is 72.9 Å². The van der Waals surface area contributed by atoms with Gasteiger partial charge in [-0.25, -0.2) is 0 Å². The Kier molecular flexibility index (Phi) is 12.9. The van der Waals surface area contributed by atoms with E-state index in [2.05, 4.69) is 0 Å². The van der Waals surface area contributed by atoms with E-state index in [1.807, 2.05) is 0 Å². The van der Waals surface area contributed by atoms with Crippen LogP contribution in [0.3, 0.4) is 0 Å². The third-order valence-corrected chi connectivity index (χ3v) is 6.23. The van der Waals surface area contributed by atoms with Crippen LogP contribution >= 0.6 is 0 Å². The Morgan fingerprint density at radius 1 is 0.727 bits per heavy atom. The predicted molar refractivity (Wildman–Crippen MR) is 79.6 cm³/mol. The summed E-state index contributed by atoms with van der Waals surface area (Å²) >= 11 is 0.415. The maximum atomic E-state index is 13.6. The van der Waals surface area contributed by atoms with Crippen molar-refractivity contribution < 1.29 is 97.9 Å². The number of alkyl halides is 12. The molecule has 0 bridgehead atoms. The molecule has 0 spiro atoms. The van der Waals surface area contributed by atoms with Crippen LogP contribution in [-0.2, 0) is 20.4 Å². The first-order valence-corrected chi connectivity index (χ1v) is 9.29. The molecule has 0 aromatic rings. The van der Waals surface area contributed by atoms with E-state index in [9.17, 15) is 52.7 Å². The number of rotatable bonds is 0. The largest absolute Gasteiger partial charge is 1.00 e. The Labute approximate surface area is 205 Å². The SMILES string of the molecule is CN1CC(C(F)(F)F)NCC(C(F)(F)F)NC[C]([Ti+2])(C(F)(F)F)N(C)CC1C(F)(F)F.[Cl-].[Cl-]. The summed E-state index contributed by atoms with van der Waals surface area (Å²) in [5.74, 6) is 0. The minimum Gasteiger partial charge on any atom is -1.00 e. The Morgan fingerprint density at radius 3 is 1.55 bits per heavy atom. The van der Waals surface area contributed by atoms with Crippen molar-refractivity contribution in [3.05, 3.63) is 0 Å². The summed E-state index contributed by atoms with van der Waals surface area (Å²) in [6, 6.07) is -8.34. The molecule has 0 saturated carbocycles. The molecule has 1 rings (SSSR count). The minimum atomic E-state index is -5.26. The summed E-state index contributed by atoms with van der Waals surface area (Å²) in [5, 5.41) is 3.03. The number of likely N-dealkylation sites (N-methyl/N-ethyl adjacent to an activating group) is 2. The van der Waals surface area contributed by atoms with E-state index in [1.54, 1.807) is 0 Å². The fourth-order valence-electron chi connectivity index (χ4n) is 2.89. The van der Waals surface area contributed by atoms with Crippen molar-refractivity contribution in [3.63, 3.8) is 0 Å². The van der Waals surface area contributed by atoms with Gasteiger partial charge in [0.1, 0.15) is 0 Å². The van der Waals surface area contributed by atoms with Gasteiger partial charge < -0.3 is 24.8 Å². The van der Waals surface area contributed by atoms with Crippen LogP contribution in [-0.4, -0.2) is 96.7 Å².